The van der Waals surface area contributed by atoms with Crippen molar-refractivity contribution in [2.45, 2.75) is 6.92 Å². The molecule has 2 heterocycles. The molecule has 3 aromatic rings. The molecule has 0 fully saturated rings. The van der Waals surface area contributed by atoms with E-state index in [1.807, 2.05) is 53.9 Å². The fourth-order valence-corrected chi connectivity index (χ4v) is 2.11. The highest BCUT2D eigenvalue weighted by Crippen LogP contribution is 2.27. The number of pyridine rings is 1. The summed E-state index contributed by atoms with van der Waals surface area (Å²) < 4.78 is 1.89. The van der Waals surface area contributed by atoms with Gasteiger partial charge in [-0.15, -0.1) is 0 Å². The highest BCUT2D eigenvalue weighted by atomic mass is 35.5. The first-order valence-corrected chi connectivity index (χ1v) is 6.03. The van der Waals surface area contributed by atoms with Gasteiger partial charge in [-0.3, -0.25) is 4.40 Å². The average Bonchev–Trinajstić information content (AvgIpc) is 2.67. The summed E-state index contributed by atoms with van der Waals surface area (Å²) >= 11 is 5.88. The maximum atomic E-state index is 6.13. The van der Waals surface area contributed by atoms with Crippen molar-refractivity contribution >= 4 is 23.1 Å². The molecule has 0 radical (unpaired) electrons. The molecule has 3 rings (SSSR count). The number of hydrogen-bond acceptors (Lipinski definition) is 2. The fraction of sp³-hybridized carbons (Fsp3) is 0.0714. The number of rotatable bonds is 1. The van der Waals surface area contributed by atoms with Crippen molar-refractivity contribution in [3.8, 4) is 11.3 Å². The van der Waals surface area contributed by atoms with Gasteiger partial charge in [0.2, 0.25) is 0 Å². The molecule has 0 spiro atoms. The fourth-order valence-electron chi connectivity index (χ4n) is 1.99. The Kier molecular flexibility index (Phi) is 2.49. The molecule has 0 atom stereocenters. The number of halogens is 1. The average molecular weight is 258 g/mol. The largest absolute Gasteiger partial charge is 0.383 e. The third-order valence-corrected chi connectivity index (χ3v) is 3.19. The molecular weight excluding hydrogens is 246 g/mol. The molecule has 0 amide bonds. The van der Waals surface area contributed by atoms with Crippen molar-refractivity contribution in [1.29, 1.82) is 0 Å². The lowest BCUT2D eigenvalue weighted by atomic mass is 10.1. The minimum absolute atomic E-state index is 0.646. The van der Waals surface area contributed by atoms with Gasteiger partial charge >= 0.3 is 0 Å². The zero-order chi connectivity index (χ0) is 12.7. The predicted octanol–water partition coefficient (Wildman–Crippen LogP) is 3.55. The monoisotopic (exact) mass is 257 g/mol. The van der Waals surface area contributed by atoms with Crippen LogP contribution in [0, 0.1) is 6.92 Å². The number of anilines is 1. The molecule has 0 unspecified atom stereocenters. The second-order valence-electron chi connectivity index (χ2n) is 4.28. The SMILES string of the molecule is Cc1ccn2c(N)c(-c3ccc(Cl)cc3)nc2c1. The third-order valence-electron chi connectivity index (χ3n) is 2.94. The second-order valence-corrected chi connectivity index (χ2v) is 4.72. The first-order valence-electron chi connectivity index (χ1n) is 5.65. The van der Waals surface area contributed by atoms with Gasteiger partial charge in [-0.25, -0.2) is 4.98 Å². The number of nitrogen functional groups attached to an aromatic ring is 1. The molecule has 4 heteroatoms. The van der Waals surface area contributed by atoms with Crippen LogP contribution in [0.5, 0.6) is 0 Å². The summed E-state index contributed by atoms with van der Waals surface area (Å²) in [4.78, 5) is 4.57. The predicted molar refractivity (Wildman–Crippen MR) is 74.8 cm³/mol. The zero-order valence-corrected chi connectivity index (χ0v) is 10.6. The summed E-state index contributed by atoms with van der Waals surface area (Å²) in [5.74, 6) is 0.646. The number of nitrogens with two attached hydrogens (primary N) is 1. The summed E-state index contributed by atoms with van der Waals surface area (Å²) in [5.41, 5.74) is 9.91. The van der Waals surface area contributed by atoms with Crippen LogP contribution in [0.15, 0.2) is 42.6 Å². The Balaban J connectivity index is 2.23. The number of aryl methyl sites for hydroxylation is 1. The van der Waals surface area contributed by atoms with Crippen LogP contribution in [-0.4, -0.2) is 9.38 Å². The Hall–Kier alpha value is -2.00. The van der Waals surface area contributed by atoms with E-state index >= 15 is 0 Å². The first-order chi connectivity index (χ1) is 8.65. The van der Waals surface area contributed by atoms with Crippen LogP contribution in [0.25, 0.3) is 16.9 Å². The van der Waals surface area contributed by atoms with E-state index < -0.39 is 0 Å². The molecule has 2 aromatic heterocycles. The van der Waals surface area contributed by atoms with E-state index in [9.17, 15) is 0 Å². The number of hydrogen-bond donors (Lipinski definition) is 1. The standard InChI is InChI=1S/C14H12ClN3/c1-9-6-7-18-12(8-9)17-13(14(18)16)10-2-4-11(15)5-3-10/h2-8H,16H2,1H3. The van der Waals surface area contributed by atoms with E-state index in [0.717, 1.165) is 22.5 Å². The number of aromatic nitrogens is 2. The lowest BCUT2D eigenvalue weighted by molar-refractivity contribution is 1.18. The van der Waals surface area contributed by atoms with Gasteiger partial charge in [0.15, 0.2) is 0 Å². The molecule has 3 nitrogen and oxygen atoms in total. The Morgan fingerprint density at radius 1 is 1.17 bits per heavy atom. The van der Waals surface area contributed by atoms with Gasteiger partial charge < -0.3 is 5.73 Å². The van der Waals surface area contributed by atoms with Gasteiger partial charge in [0.25, 0.3) is 0 Å². The van der Waals surface area contributed by atoms with Crippen molar-refractivity contribution in [2.24, 2.45) is 0 Å². The van der Waals surface area contributed by atoms with Gasteiger partial charge in [0, 0.05) is 16.8 Å². The van der Waals surface area contributed by atoms with Gasteiger partial charge in [-0.2, -0.15) is 0 Å². The smallest absolute Gasteiger partial charge is 0.139 e. The van der Waals surface area contributed by atoms with Gasteiger partial charge in [-0.05, 0) is 36.8 Å². The van der Waals surface area contributed by atoms with Crippen LogP contribution in [0.2, 0.25) is 5.02 Å². The van der Waals surface area contributed by atoms with Crippen LogP contribution in [-0.2, 0) is 0 Å². The molecule has 0 bridgehead atoms. The molecule has 1 aromatic carbocycles. The van der Waals surface area contributed by atoms with Crippen molar-refractivity contribution < 1.29 is 0 Å². The first kappa shape index (κ1) is 11.1. The van der Waals surface area contributed by atoms with Gasteiger partial charge in [0.1, 0.15) is 17.2 Å². The van der Waals surface area contributed by atoms with Crippen molar-refractivity contribution in [3.05, 3.63) is 53.2 Å². The molecule has 18 heavy (non-hydrogen) atoms. The maximum absolute atomic E-state index is 6.13. The number of imidazole rings is 1. The van der Waals surface area contributed by atoms with Crippen molar-refractivity contribution in [2.75, 3.05) is 5.73 Å². The molecule has 0 saturated carbocycles. The van der Waals surface area contributed by atoms with E-state index in [1.165, 1.54) is 0 Å². The van der Waals surface area contributed by atoms with Crippen LogP contribution >= 0.6 is 11.6 Å². The zero-order valence-electron chi connectivity index (χ0n) is 9.89. The molecule has 2 N–H and O–H groups in total. The van der Waals surface area contributed by atoms with Crippen LogP contribution in [0.3, 0.4) is 0 Å². The van der Waals surface area contributed by atoms with Gasteiger partial charge in [-0.1, -0.05) is 23.7 Å². The van der Waals surface area contributed by atoms with E-state index in [2.05, 4.69) is 4.98 Å². The number of nitrogens with zero attached hydrogens (tertiary/aromatic N) is 2. The van der Waals surface area contributed by atoms with Gasteiger partial charge in [0.05, 0.1) is 0 Å². The molecule has 0 saturated heterocycles. The summed E-state index contributed by atoms with van der Waals surface area (Å²) in [6.45, 7) is 2.03. The number of benzene rings is 1. The minimum atomic E-state index is 0.646. The highest BCUT2D eigenvalue weighted by molar-refractivity contribution is 6.30. The molecule has 90 valence electrons. The Bertz CT molecular complexity index is 714. The van der Waals surface area contributed by atoms with E-state index in [1.54, 1.807) is 0 Å². The maximum Gasteiger partial charge on any atom is 0.139 e. The Morgan fingerprint density at radius 2 is 1.89 bits per heavy atom. The highest BCUT2D eigenvalue weighted by Gasteiger charge is 2.10. The van der Waals surface area contributed by atoms with Crippen LogP contribution in [0.4, 0.5) is 5.82 Å². The van der Waals surface area contributed by atoms with Crippen LogP contribution in [0.1, 0.15) is 5.56 Å². The summed E-state index contributed by atoms with van der Waals surface area (Å²) in [6, 6.07) is 11.5. The normalized spacial score (nSPS) is 11.0. The quantitative estimate of drug-likeness (QED) is 0.725. The number of fused-ring (bicyclic) bond motifs is 1. The minimum Gasteiger partial charge on any atom is -0.383 e. The summed E-state index contributed by atoms with van der Waals surface area (Å²) in [7, 11) is 0. The lowest BCUT2D eigenvalue weighted by Crippen LogP contribution is -1.93. The molecule has 0 aliphatic heterocycles. The molecule has 0 aliphatic carbocycles. The van der Waals surface area contributed by atoms with Crippen molar-refractivity contribution in [3.63, 3.8) is 0 Å². The Labute approximate surface area is 110 Å². The topological polar surface area (TPSA) is 43.3 Å². The Morgan fingerprint density at radius 3 is 2.61 bits per heavy atom. The van der Waals surface area contributed by atoms with E-state index in [0.29, 0.717) is 10.8 Å². The summed E-state index contributed by atoms with van der Waals surface area (Å²) in [6.07, 6.45) is 1.94. The second kappa shape index (κ2) is 4.03. The van der Waals surface area contributed by atoms with Crippen LogP contribution < -0.4 is 5.73 Å². The molecular formula is C14H12ClN3. The lowest BCUT2D eigenvalue weighted by Gasteiger charge is -1.99. The third kappa shape index (κ3) is 1.73. The molecule has 0 aliphatic rings. The summed E-state index contributed by atoms with van der Waals surface area (Å²) in [5, 5.41) is 0.705. The van der Waals surface area contributed by atoms with Crippen molar-refractivity contribution in [1.82, 2.24) is 9.38 Å². The van der Waals surface area contributed by atoms with E-state index in [4.69, 9.17) is 17.3 Å². The van der Waals surface area contributed by atoms with E-state index in [-0.39, 0.29) is 0 Å².